The largest absolute Gasteiger partial charge is 0.342 e. The van der Waals surface area contributed by atoms with Crippen LogP contribution in [-0.2, 0) is 4.79 Å². The van der Waals surface area contributed by atoms with E-state index in [9.17, 15) is 9.59 Å². The molecule has 2 atom stereocenters. The fourth-order valence-corrected chi connectivity index (χ4v) is 6.45. The maximum Gasteiger partial charge on any atom is 0.254 e. The number of carbonyl (C=O) groups excluding carboxylic acids is 2. The van der Waals surface area contributed by atoms with Gasteiger partial charge in [0, 0.05) is 29.6 Å². The molecule has 2 aromatic rings. The van der Waals surface area contributed by atoms with Crippen LogP contribution in [0.4, 0.5) is 0 Å². The van der Waals surface area contributed by atoms with Crippen molar-refractivity contribution in [1.29, 1.82) is 0 Å². The van der Waals surface area contributed by atoms with Crippen LogP contribution in [0.2, 0.25) is 0 Å². The first-order chi connectivity index (χ1) is 14.6. The van der Waals surface area contributed by atoms with E-state index in [2.05, 4.69) is 28.2 Å². The molecule has 1 aliphatic carbocycles. The summed E-state index contributed by atoms with van der Waals surface area (Å²) in [5, 5.41) is 2.07. The minimum Gasteiger partial charge on any atom is -0.342 e. The topological polar surface area (TPSA) is 40.6 Å². The summed E-state index contributed by atoms with van der Waals surface area (Å²) in [7, 11) is 0. The summed E-state index contributed by atoms with van der Waals surface area (Å²) in [5.74, 6) is 0.666. The monoisotopic (exact) mass is 422 g/mol. The molecule has 1 saturated carbocycles. The highest BCUT2D eigenvalue weighted by atomic mass is 32.1. The Labute approximate surface area is 182 Å². The van der Waals surface area contributed by atoms with Crippen LogP contribution in [-0.4, -0.2) is 40.7 Å². The number of hydrogen-bond acceptors (Lipinski definition) is 3. The molecule has 3 aliphatic rings. The van der Waals surface area contributed by atoms with Crippen LogP contribution in [0.5, 0.6) is 0 Å². The second-order valence-electron chi connectivity index (χ2n) is 9.18. The summed E-state index contributed by atoms with van der Waals surface area (Å²) in [5.41, 5.74) is 1.64. The van der Waals surface area contributed by atoms with Crippen molar-refractivity contribution in [1.82, 2.24) is 9.80 Å². The Hall–Kier alpha value is -2.14. The smallest absolute Gasteiger partial charge is 0.254 e. The Morgan fingerprint density at radius 3 is 2.43 bits per heavy atom. The van der Waals surface area contributed by atoms with Crippen molar-refractivity contribution in [2.24, 2.45) is 5.92 Å². The highest BCUT2D eigenvalue weighted by Crippen LogP contribution is 2.48. The Morgan fingerprint density at radius 1 is 1.00 bits per heavy atom. The van der Waals surface area contributed by atoms with Crippen molar-refractivity contribution in [2.45, 2.75) is 63.5 Å². The quantitative estimate of drug-likeness (QED) is 0.680. The van der Waals surface area contributed by atoms with Gasteiger partial charge in [-0.05, 0) is 54.7 Å². The Bertz CT molecular complexity index is 911. The second-order valence-corrected chi connectivity index (χ2v) is 10.2. The lowest BCUT2D eigenvalue weighted by molar-refractivity contribution is -0.136. The number of likely N-dealkylation sites (tertiary alicyclic amines) is 1. The molecular weight excluding hydrogens is 392 g/mol. The number of fused-ring (bicyclic) bond motifs is 1. The fraction of sp³-hybridized carbons (Fsp3) is 0.520. The van der Waals surface area contributed by atoms with E-state index in [1.165, 1.54) is 0 Å². The first kappa shape index (κ1) is 19.8. The van der Waals surface area contributed by atoms with Gasteiger partial charge in [0.2, 0.25) is 5.91 Å². The minimum atomic E-state index is -0.313. The maximum absolute atomic E-state index is 14.0. The number of carbonyl (C=O) groups is 2. The summed E-state index contributed by atoms with van der Waals surface area (Å²) < 4.78 is 0. The molecule has 0 spiro atoms. The van der Waals surface area contributed by atoms with Crippen LogP contribution >= 0.6 is 11.3 Å². The maximum atomic E-state index is 14.0. The number of benzene rings is 1. The third-order valence-electron chi connectivity index (χ3n) is 7.29. The van der Waals surface area contributed by atoms with Gasteiger partial charge in [0.25, 0.3) is 5.91 Å². The Balaban J connectivity index is 1.61. The van der Waals surface area contributed by atoms with Crippen molar-refractivity contribution in [3.63, 3.8) is 0 Å². The molecule has 1 saturated heterocycles. The van der Waals surface area contributed by atoms with Gasteiger partial charge in [-0.1, -0.05) is 44.0 Å². The Kier molecular flexibility index (Phi) is 5.40. The molecule has 1 aromatic heterocycles. The molecule has 3 heterocycles. The summed E-state index contributed by atoms with van der Waals surface area (Å²) in [6.07, 6.45) is 6.53. The number of nitrogens with zero attached hydrogens (tertiary/aromatic N) is 2. The average molecular weight is 423 g/mol. The third-order valence-corrected chi connectivity index (χ3v) is 8.23. The van der Waals surface area contributed by atoms with Crippen molar-refractivity contribution >= 4 is 23.2 Å². The van der Waals surface area contributed by atoms with Crippen LogP contribution in [0.3, 0.4) is 0 Å². The second kappa shape index (κ2) is 8.18. The summed E-state index contributed by atoms with van der Waals surface area (Å²) in [6, 6.07) is 12.0. The lowest BCUT2D eigenvalue weighted by atomic mass is 9.79. The van der Waals surface area contributed by atoms with Gasteiger partial charge in [0.15, 0.2) is 0 Å². The zero-order valence-corrected chi connectivity index (χ0v) is 18.4. The molecule has 30 heavy (non-hydrogen) atoms. The van der Waals surface area contributed by atoms with E-state index >= 15 is 0 Å². The molecule has 2 fully saturated rings. The van der Waals surface area contributed by atoms with Gasteiger partial charge in [-0.2, -0.15) is 0 Å². The number of rotatable bonds is 3. The molecule has 4 nitrogen and oxygen atoms in total. The van der Waals surface area contributed by atoms with Gasteiger partial charge in [0.05, 0.1) is 12.0 Å². The van der Waals surface area contributed by atoms with E-state index in [0.29, 0.717) is 5.92 Å². The normalized spacial score (nSPS) is 25.6. The summed E-state index contributed by atoms with van der Waals surface area (Å²) in [6.45, 7) is 3.92. The van der Waals surface area contributed by atoms with Gasteiger partial charge in [-0.15, -0.1) is 11.3 Å². The zero-order valence-electron chi connectivity index (χ0n) is 17.6. The molecule has 2 amide bonds. The van der Waals surface area contributed by atoms with E-state index < -0.39 is 0 Å². The number of thiophene rings is 1. The number of amides is 2. The van der Waals surface area contributed by atoms with Crippen LogP contribution in [0, 0.1) is 5.92 Å². The van der Waals surface area contributed by atoms with E-state index in [-0.39, 0.29) is 29.8 Å². The van der Waals surface area contributed by atoms with Gasteiger partial charge >= 0.3 is 0 Å². The third kappa shape index (κ3) is 3.37. The van der Waals surface area contributed by atoms with Gasteiger partial charge in [-0.3, -0.25) is 9.59 Å². The van der Waals surface area contributed by atoms with E-state index in [0.717, 1.165) is 67.6 Å². The number of piperidine rings is 1. The predicted octanol–water partition coefficient (Wildman–Crippen LogP) is 5.23. The molecule has 158 valence electrons. The first-order valence-corrected chi connectivity index (χ1v) is 12.3. The molecule has 1 aromatic carbocycles. The van der Waals surface area contributed by atoms with E-state index in [1.807, 2.05) is 30.3 Å². The van der Waals surface area contributed by atoms with Crippen LogP contribution in [0.1, 0.15) is 78.2 Å². The van der Waals surface area contributed by atoms with Gasteiger partial charge < -0.3 is 9.80 Å². The van der Waals surface area contributed by atoms with E-state index in [4.69, 9.17) is 0 Å². The first-order valence-electron chi connectivity index (χ1n) is 11.4. The molecule has 0 radical (unpaired) electrons. The van der Waals surface area contributed by atoms with Gasteiger partial charge in [0.1, 0.15) is 0 Å². The summed E-state index contributed by atoms with van der Waals surface area (Å²) in [4.78, 5) is 33.0. The van der Waals surface area contributed by atoms with Gasteiger partial charge in [-0.25, -0.2) is 0 Å². The van der Waals surface area contributed by atoms with Crippen LogP contribution < -0.4 is 0 Å². The standard InChI is InChI=1S/C25H30N2O2S/c1-17-12-14-26(15-13-17)25(29)22-19-9-4-5-10-20(19)24(28)27(18-7-2-3-8-18)23(22)21-11-6-16-30-21/h4-6,9-11,16-18,22-23H,2-3,7-8,12-15H2,1H3. The lowest BCUT2D eigenvalue weighted by Gasteiger charge is -2.46. The van der Waals surface area contributed by atoms with Crippen molar-refractivity contribution in [3.8, 4) is 0 Å². The van der Waals surface area contributed by atoms with E-state index in [1.54, 1.807) is 11.3 Å². The number of hydrogen-bond donors (Lipinski definition) is 0. The van der Waals surface area contributed by atoms with Crippen LogP contribution in [0.25, 0.3) is 0 Å². The highest BCUT2D eigenvalue weighted by Gasteiger charge is 2.48. The minimum absolute atomic E-state index is 0.104. The SMILES string of the molecule is CC1CCN(C(=O)C2c3ccccc3C(=O)N(C3CCCC3)C2c2cccs2)CC1. The zero-order chi connectivity index (χ0) is 20.7. The fourth-order valence-electron chi connectivity index (χ4n) is 5.59. The van der Waals surface area contributed by atoms with Crippen molar-refractivity contribution in [3.05, 3.63) is 57.8 Å². The molecule has 2 unspecified atom stereocenters. The Morgan fingerprint density at radius 2 is 1.73 bits per heavy atom. The lowest BCUT2D eigenvalue weighted by Crippen LogP contribution is -2.52. The summed E-state index contributed by atoms with van der Waals surface area (Å²) >= 11 is 1.67. The molecule has 0 N–H and O–H groups in total. The molecule has 0 bridgehead atoms. The average Bonchev–Trinajstić information content (AvgIpc) is 3.48. The van der Waals surface area contributed by atoms with Crippen LogP contribution in [0.15, 0.2) is 41.8 Å². The van der Waals surface area contributed by atoms with Crippen molar-refractivity contribution in [2.75, 3.05) is 13.1 Å². The van der Waals surface area contributed by atoms with Crippen molar-refractivity contribution < 1.29 is 9.59 Å². The molecule has 5 rings (SSSR count). The predicted molar refractivity (Wildman–Crippen MR) is 120 cm³/mol. The highest BCUT2D eigenvalue weighted by molar-refractivity contribution is 7.10. The molecule has 2 aliphatic heterocycles. The molecule has 5 heteroatoms. The molecular formula is C25H30N2O2S.